The summed E-state index contributed by atoms with van der Waals surface area (Å²) in [4.78, 5) is 64.2. The van der Waals surface area contributed by atoms with Crippen LogP contribution in [0.25, 0.3) is 0 Å². The number of unbranched alkanes of at least 4 members (excludes halogenated alkanes) is 12. The quantitative estimate of drug-likeness (QED) is 0.0342. The summed E-state index contributed by atoms with van der Waals surface area (Å²) in [5.74, 6) is -3.49. The van der Waals surface area contributed by atoms with Gasteiger partial charge in [-0.25, -0.2) is 4.79 Å². The molecule has 0 aliphatic carbocycles. The van der Waals surface area contributed by atoms with Crippen LogP contribution >= 0.6 is 0 Å². The Kier molecular flexibility index (Phi) is 21.3. The fourth-order valence-corrected chi connectivity index (χ4v) is 6.51. The van der Waals surface area contributed by atoms with Crippen molar-refractivity contribution in [3.05, 3.63) is 83.9 Å². The smallest absolute Gasteiger partial charge is 0.326 e. The van der Waals surface area contributed by atoms with E-state index >= 15 is 0 Å². The largest absolute Gasteiger partial charge is 0.508 e. The van der Waals surface area contributed by atoms with Crippen molar-refractivity contribution in [3.63, 3.8) is 0 Å². The van der Waals surface area contributed by atoms with Gasteiger partial charge in [-0.05, 0) is 72.5 Å². The Morgan fingerprint density at radius 1 is 0.517 bits per heavy atom. The summed E-state index contributed by atoms with van der Waals surface area (Å²) < 4.78 is 5.74. The molecule has 3 aromatic rings. The summed E-state index contributed by atoms with van der Waals surface area (Å²) in [6.45, 7) is 2.22. The van der Waals surface area contributed by atoms with Crippen LogP contribution in [0.5, 0.6) is 23.0 Å². The minimum absolute atomic E-state index is 0.0212. The summed E-state index contributed by atoms with van der Waals surface area (Å²) >= 11 is 0. The van der Waals surface area contributed by atoms with E-state index in [2.05, 4.69) is 22.9 Å². The Hall–Kier alpha value is -5.59. The second-order valence-corrected chi connectivity index (χ2v) is 14.8. The van der Waals surface area contributed by atoms with Gasteiger partial charge in [0, 0.05) is 25.7 Å². The number of nitrogens with one attached hydrogen (secondary N) is 3. The van der Waals surface area contributed by atoms with Crippen LogP contribution in [-0.4, -0.2) is 68.2 Å². The molecule has 3 amide bonds. The average molecular weight is 804 g/mol. The highest BCUT2D eigenvalue weighted by Gasteiger charge is 2.30. The molecule has 0 fully saturated rings. The molecule has 0 aliphatic rings. The van der Waals surface area contributed by atoms with Crippen LogP contribution in [0.15, 0.2) is 72.8 Å². The summed E-state index contributed by atoms with van der Waals surface area (Å²) in [5.41, 5.74) is 1.17. The second-order valence-electron chi connectivity index (χ2n) is 14.8. The van der Waals surface area contributed by atoms with Crippen molar-refractivity contribution >= 4 is 29.7 Å². The van der Waals surface area contributed by atoms with Gasteiger partial charge in [0.25, 0.3) is 0 Å². The first-order valence-electron chi connectivity index (χ1n) is 20.6. The van der Waals surface area contributed by atoms with Crippen LogP contribution in [0.2, 0.25) is 0 Å². The number of benzene rings is 3. The maximum atomic E-state index is 13.7. The zero-order valence-corrected chi connectivity index (χ0v) is 33.6. The lowest BCUT2D eigenvalue weighted by Crippen LogP contribution is -2.56. The summed E-state index contributed by atoms with van der Waals surface area (Å²) in [6.07, 6.45) is 14.4. The van der Waals surface area contributed by atoms with Crippen molar-refractivity contribution in [3.8, 4) is 23.0 Å². The molecule has 13 nitrogen and oxygen atoms in total. The number of hydrogen-bond acceptors (Lipinski definition) is 8. The molecule has 0 saturated heterocycles. The number of carbonyl (C=O) groups is 5. The average Bonchev–Trinajstić information content (AvgIpc) is 3.19. The summed E-state index contributed by atoms with van der Waals surface area (Å²) in [7, 11) is 0. The number of amides is 3. The molecule has 7 N–H and O–H groups in total. The van der Waals surface area contributed by atoms with Gasteiger partial charge in [-0.1, -0.05) is 108 Å². The van der Waals surface area contributed by atoms with Gasteiger partial charge in [-0.3, -0.25) is 19.2 Å². The van der Waals surface area contributed by atoms with Crippen molar-refractivity contribution in [2.45, 2.75) is 141 Å². The fraction of sp³-hybridized carbons (Fsp3) is 0.489. The maximum absolute atomic E-state index is 13.7. The lowest BCUT2D eigenvalue weighted by molar-refractivity contribution is -0.143. The Morgan fingerprint density at radius 3 is 1.43 bits per heavy atom. The van der Waals surface area contributed by atoms with Crippen molar-refractivity contribution in [2.24, 2.45) is 0 Å². The van der Waals surface area contributed by atoms with Crippen molar-refractivity contribution in [1.82, 2.24) is 16.0 Å². The monoisotopic (exact) mass is 803 g/mol. The predicted molar refractivity (Wildman–Crippen MR) is 221 cm³/mol. The van der Waals surface area contributed by atoms with E-state index in [4.69, 9.17) is 4.74 Å². The molecule has 3 aromatic carbocycles. The zero-order valence-electron chi connectivity index (χ0n) is 33.6. The topological polar surface area (TPSA) is 212 Å². The Bertz CT molecular complexity index is 1700. The summed E-state index contributed by atoms with van der Waals surface area (Å²) in [6, 6.07) is 14.8. The molecule has 0 heterocycles. The number of ether oxygens (including phenoxy) is 1. The SMILES string of the molecule is CCCCCCCCCCCCCCCC(=O)N[C@H](Cc1ccc(O)cc1)C(=O)N[C@@H](CCC(=O)O)C(=O)N[C@@H](Cc1ccc(Oc2ccc(O)cc2)cc1)C(=O)O. The van der Waals surface area contributed by atoms with Crippen LogP contribution in [-0.2, 0) is 36.8 Å². The Morgan fingerprint density at radius 2 is 0.931 bits per heavy atom. The van der Waals surface area contributed by atoms with Crippen LogP contribution in [0, 0.1) is 0 Å². The lowest BCUT2D eigenvalue weighted by atomic mass is 10.0. The van der Waals surface area contributed by atoms with Crippen LogP contribution in [0.3, 0.4) is 0 Å². The number of aromatic hydroxyl groups is 2. The molecule has 0 saturated carbocycles. The third-order valence-corrected chi connectivity index (χ3v) is 9.87. The van der Waals surface area contributed by atoms with E-state index < -0.39 is 48.3 Å². The van der Waals surface area contributed by atoms with E-state index in [1.165, 1.54) is 82.1 Å². The number of phenols is 2. The van der Waals surface area contributed by atoms with E-state index in [0.717, 1.165) is 19.3 Å². The molecule has 0 radical (unpaired) electrons. The van der Waals surface area contributed by atoms with Gasteiger partial charge in [0.2, 0.25) is 17.7 Å². The van der Waals surface area contributed by atoms with Gasteiger partial charge in [-0.15, -0.1) is 0 Å². The minimum Gasteiger partial charge on any atom is -0.508 e. The molecule has 3 rings (SSSR count). The molecular formula is C45H61N3O10. The number of carboxylic acids is 2. The number of aliphatic carboxylic acids is 2. The zero-order chi connectivity index (χ0) is 42.1. The number of hydrogen-bond donors (Lipinski definition) is 7. The fourth-order valence-electron chi connectivity index (χ4n) is 6.51. The third-order valence-electron chi connectivity index (χ3n) is 9.87. The first kappa shape index (κ1) is 46.8. The highest BCUT2D eigenvalue weighted by molar-refractivity contribution is 5.93. The van der Waals surface area contributed by atoms with E-state index in [1.54, 1.807) is 48.5 Å². The molecule has 0 unspecified atom stereocenters. The number of carboxylic acid groups (broad SMARTS) is 2. The molecule has 58 heavy (non-hydrogen) atoms. The Labute approximate surface area is 341 Å². The number of carbonyl (C=O) groups excluding carboxylic acids is 3. The molecule has 316 valence electrons. The first-order valence-corrected chi connectivity index (χ1v) is 20.6. The minimum atomic E-state index is -1.42. The summed E-state index contributed by atoms with van der Waals surface area (Å²) in [5, 5.41) is 46.4. The molecule has 3 atom stereocenters. The molecule has 0 aromatic heterocycles. The first-order chi connectivity index (χ1) is 27.9. The van der Waals surface area contributed by atoms with Gasteiger partial charge in [-0.2, -0.15) is 0 Å². The second kappa shape index (κ2) is 26.4. The van der Waals surface area contributed by atoms with Crippen LogP contribution in [0.1, 0.15) is 121 Å². The van der Waals surface area contributed by atoms with Crippen LogP contribution in [0.4, 0.5) is 0 Å². The predicted octanol–water partition coefficient (Wildman–Crippen LogP) is 7.56. The Balaban J connectivity index is 1.58. The van der Waals surface area contributed by atoms with E-state index in [-0.39, 0.29) is 43.1 Å². The van der Waals surface area contributed by atoms with Crippen molar-refractivity contribution in [2.75, 3.05) is 0 Å². The molecule has 0 spiro atoms. The van der Waals surface area contributed by atoms with Gasteiger partial charge in [0.05, 0.1) is 0 Å². The maximum Gasteiger partial charge on any atom is 0.326 e. The van der Waals surface area contributed by atoms with Crippen molar-refractivity contribution in [1.29, 1.82) is 0 Å². The molecule has 0 bridgehead atoms. The van der Waals surface area contributed by atoms with E-state index in [9.17, 15) is 44.4 Å². The molecule has 13 heteroatoms. The lowest BCUT2D eigenvalue weighted by Gasteiger charge is -2.24. The van der Waals surface area contributed by atoms with Gasteiger partial charge in [0.15, 0.2) is 0 Å². The highest BCUT2D eigenvalue weighted by atomic mass is 16.5. The highest BCUT2D eigenvalue weighted by Crippen LogP contribution is 2.24. The van der Waals surface area contributed by atoms with Gasteiger partial charge in [0.1, 0.15) is 41.1 Å². The van der Waals surface area contributed by atoms with Gasteiger partial charge < -0.3 is 41.1 Å². The van der Waals surface area contributed by atoms with Gasteiger partial charge >= 0.3 is 11.9 Å². The van der Waals surface area contributed by atoms with Crippen molar-refractivity contribution < 1.29 is 49.1 Å². The number of phenolic OH excluding ortho intramolecular Hbond substituents is 2. The van der Waals surface area contributed by atoms with Crippen LogP contribution < -0.4 is 20.7 Å². The number of rotatable bonds is 29. The van der Waals surface area contributed by atoms with E-state index in [0.29, 0.717) is 29.0 Å². The standard InChI is InChI=1S/C45H61N3O10/c1-2-3-4-5-6-7-8-9-10-11-12-13-14-15-41(51)46-39(30-32-16-20-34(49)21-17-32)44(55)47-38(28-29-42(52)53)43(54)48-40(45(56)57)31-33-18-24-36(25-19-33)58-37-26-22-35(50)23-27-37/h16-27,38-40,49-50H,2-15,28-31H2,1H3,(H,46,51)(H,47,55)(H,48,54)(H,52,53)(H,56,57)/t38-,39+,40-/m0/s1. The van der Waals surface area contributed by atoms with E-state index in [1.807, 2.05) is 0 Å². The third kappa shape index (κ3) is 19.0. The normalized spacial score (nSPS) is 12.5. The molecular weight excluding hydrogens is 743 g/mol. The molecule has 0 aliphatic heterocycles.